The van der Waals surface area contributed by atoms with E-state index in [1.807, 2.05) is 0 Å². The van der Waals surface area contributed by atoms with Gasteiger partial charge in [0.1, 0.15) is 11.4 Å². The van der Waals surface area contributed by atoms with E-state index in [-0.39, 0.29) is 10.5 Å². The summed E-state index contributed by atoms with van der Waals surface area (Å²) in [6.07, 6.45) is 3.12. The van der Waals surface area contributed by atoms with Crippen molar-refractivity contribution in [2.45, 2.75) is 36.7 Å². The second-order valence-electron chi connectivity index (χ2n) is 4.16. The van der Waals surface area contributed by atoms with Gasteiger partial charge in [-0.3, -0.25) is 0 Å². The molecular weight excluding hydrogens is 226 g/mol. The average Bonchev–Trinajstić information content (AvgIpc) is 2.98. The first-order chi connectivity index (χ1) is 7.45. The molecular formula is C11H15NO3S. The monoisotopic (exact) mass is 241 g/mol. The van der Waals surface area contributed by atoms with Crippen LogP contribution in [0, 0.1) is 0 Å². The third-order valence-electron chi connectivity index (χ3n) is 2.94. The van der Waals surface area contributed by atoms with Crippen LogP contribution in [0.25, 0.3) is 0 Å². The van der Waals surface area contributed by atoms with E-state index in [2.05, 4.69) is 6.92 Å². The molecule has 1 aliphatic rings. The third kappa shape index (κ3) is 2.36. The molecule has 2 N–H and O–H groups in total. The Labute approximate surface area is 95.5 Å². The van der Waals surface area contributed by atoms with Crippen molar-refractivity contribution >= 4 is 10.0 Å². The fourth-order valence-electron chi connectivity index (χ4n) is 1.61. The molecule has 0 heterocycles. The van der Waals surface area contributed by atoms with Gasteiger partial charge in [-0.2, -0.15) is 0 Å². The molecule has 0 unspecified atom stereocenters. The molecule has 1 aromatic rings. The van der Waals surface area contributed by atoms with Crippen molar-refractivity contribution in [1.29, 1.82) is 0 Å². The molecule has 0 bridgehead atoms. The van der Waals surface area contributed by atoms with E-state index in [0.717, 1.165) is 19.3 Å². The summed E-state index contributed by atoms with van der Waals surface area (Å²) >= 11 is 0. The second-order valence-corrected chi connectivity index (χ2v) is 5.72. The molecule has 0 aromatic heterocycles. The molecule has 0 radical (unpaired) electrons. The maximum atomic E-state index is 11.0. The van der Waals surface area contributed by atoms with E-state index < -0.39 is 10.0 Å². The molecule has 0 amide bonds. The highest BCUT2D eigenvalue weighted by atomic mass is 32.2. The van der Waals surface area contributed by atoms with Gasteiger partial charge in [0.15, 0.2) is 0 Å². The summed E-state index contributed by atoms with van der Waals surface area (Å²) in [4.78, 5) is 0.112. The van der Waals surface area contributed by atoms with Crippen molar-refractivity contribution in [3.63, 3.8) is 0 Å². The number of sulfonamides is 1. The Balaban J connectivity index is 2.14. The average molecular weight is 241 g/mol. The number of benzene rings is 1. The fourth-order valence-corrected chi connectivity index (χ4v) is 2.13. The molecule has 4 nitrogen and oxygen atoms in total. The molecule has 0 spiro atoms. The lowest BCUT2D eigenvalue weighted by Crippen LogP contribution is -2.16. The Kier molecular flexibility index (Phi) is 2.67. The minimum Gasteiger partial charge on any atom is -0.487 e. The van der Waals surface area contributed by atoms with Gasteiger partial charge in [-0.15, -0.1) is 0 Å². The van der Waals surface area contributed by atoms with Crippen molar-refractivity contribution in [2.75, 3.05) is 0 Å². The van der Waals surface area contributed by atoms with Crippen molar-refractivity contribution < 1.29 is 13.2 Å². The van der Waals surface area contributed by atoms with Gasteiger partial charge in [-0.1, -0.05) is 6.92 Å². The number of primary sulfonamides is 1. The van der Waals surface area contributed by atoms with Gasteiger partial charge in [-0.25, -0.2) is 13.6 Å². The van der Waals surface area contributed by atoms with Gasteiger partial charge in [0.25, 0.3) is 0 Å². The molecule has 1 aromatic carbocycles. The molecule has 5 heteroatoms. The van der Waals surface area contributed by atoms with Gasteiger partial charge < -0.3 is 4.74 Å². The molecule has 0 saturated heterocycles. The third-order valence-corrected chi connectivity index (χ3v) is 3.87. The highest BCUT2D eigenvalue weighted by Crippen LogP contribution is 2.42. The molecule has 1 fully saturated rings. The first-order valence-corrected chi connectivity index (χ1v) is 6.82. The number of rotatable bonds is 4. The van der Waals surface area contributed by atoms with Crippen LogP contribution in [0.3, 0.4) is 0 Å². The molecule has 0 aliphatic heterocycles. The normalized spacial score (nSPS) is 18.1. The molecule has 88 valence electrons. The fraction of sp³-hybridized carbons (Fsp3) is 0.455. The molecule has 16 heavy (non-hydrogen) atoms. The smallest absolute Gasteiger partial charge is 0.238 e. The van der Waals surface area contributed by atoms with Gasteiger partial charge >= 0.3 is 0 Å². The van der Waals surface area contributed by atoms with E-state index in [4.69, 9.17) is 9.88 Å². The molecule has 1 aliphatic carbocycles. The summed E-state index contributed by atoms with van der Waals surface area (Å²) in [5.74, 6) is 0.701. The van der Waals surface area contributed by atoms with Crippen LogP contribution < -0.4 is 9.88 Å². The first kappa shape index (κ1) is 11.4. The summed E-state index contributed by atoms with van der Waals surface area (Å²) in [5, 5.41) is 5.00. The standard InChI is InChI=1S/C11H15NO3S/c1-2-11(7-8-11)15-9-3-5-10(6-4-9)16(12,13)14/h3-6H,2,7-8H2,1H3,(H2,12,13,14). The first-order valence-electron chi connectivity index (χ1n) is 5.27. The highest BCUT2D eigenvalue weighted by Gasteiger charge is 2.43. The molecule has 0 atom stereocenters. The van der Waals surface area contributed by atoms with E-state index in [1.165, 1.54) is 12.1 Å². The van der Waals surface area contributed by atoms with Crippen LogP contribution in [-0.2, 0) is 10.0 Å². The second kappa shape index (κ2) is 3.75. The number of hydrogen-bond acceptors (Lipinski definition) is 3. The van der Waals surface area contributed by atoms with Crippen LogP contribution in [0.1, 0.15) is 26.2 Å². The maximum Gasteiger partial charge on any atom is 0.238 e. The van der Waals surface area contributed by atoms with Crippen LogP contribution in [0.5, 0.6) is 5.75 Å². The quantitative estimate of drug-likeness (QED) is 0.871. The SMILES string of the molecule is CCC1(Oc2ccc(S(N)(=O)=O)cc2)CC1. The van der Waals surface area contributed by atoms with Gasteiger partial charge in [-0.05, 0) is 43.5 Å². The van der Waals surface area contributed by atoms with E-state index in [9.17, 15) is 8.42 Å². The van der Waals surface area contributed by atoms with Crippen molar-refractivity contribution in [3.05, 3.63) is 24.3 Å². The summed E-state index contributed by atoms with van der Waals surface area (Å²) in [6.45, 7) is 2.09. The van der Waals surface area contributed by atoms with E-state index in [1.54, 1.807) is 12.1 Å². The number of nitrogens with two attached hydrogens (primary N) is 1. The van der Waals surface area contributed by atoms with Crippen molar-refractivity contribution in [1.82, 2.24) is 0 Å². The Bertz CT molecular complexity index is 474. The summed E-state index contributed by atoms with van der Waals surface area (Å²) < 4.78 is 27.9. The Morgan fingerprint density at radius 3 is 2.25 bits per heavy atom. The molecule has 1 saturated carbocycles. The van der Waals surface area contributed by atoms with Gasteiger partial charge in [0.05, 0.1) is 4.90 Å². The Morgan fingerprint density at radius 2 is 1.88 bits per heavy atom. The van der Waals surface area contributed by atoms with Crippen molar-refractivity contribution in [2.24, 2.45) is 5.14 Å². The predicted molar refractivity (Wildman–Crippen MR) is 60.7 cm³/mol. The van der Waals surface area contributed by atoms with Crippen LogP contribution in [-0.4, -0.2) is 14.0 Å². The topological polar surface area (TPSA) is 69.4 Å². The zero-order valence-corrected chi connectivity index (χ0v) is 9.96. The van der Waals surface area contributed by atoms with Crippen LogP contribution in [0.15, 0.2) is 29.2 Å². The van der Waals surface area contributed by atoms with Gasteiger partial charge in [0.2, 0.25) is 10.0 Å². The predicted octanol–water partition coefficient (Wildman–Crippen LogP) is 1.66. The lowest BCUT2D eigenvalue weighted by molar-refractivity contribution is 0.174. The zero-order chi connectivity index (χ0) is 11.8. The Morgan fingerprint density at radius 1 is 1.31 bits per heavy atom. The summed E-state index contributed by atoms with van der Waals surface area (Å²) in [5.41, 5.74) is -0.0108. The minimum atomic E-state index is -3.61. The van der Waals surface area contributed by atoms with Crippen molar-refractivity contribution in [3.8, 4) is 5.75 Å². The van der Waals surface area contributed by atoms with E-state index >= 15 is 0 Å². The minimum absolute atomic E-state index is 0.0108. The number of hydrogen-bond donors (Lipinski definition) is 1. The lowest BCUT2D eigenvalue weighted by Gasteiger charge is -2.15. The van der Waals surface area contributed by atoms with Crippen LogP contribution in [0.2, 0.25) is 0 Å². The molecule has 2 rings (SSSR count). The maximum absolute atomic E-state index is 11.0. The number of ether oxygens (including phenoxy) is 1. The van der Waals surface area contributed by atoms with Crippen LogP contribution in [0.4, 0.5) is 0 Å². The highest BCUT2D eigenvalue weighted by molar-refractivity contribution is 7.89. The van der Waals surface area contributed by atoms with Gasteiger partial charge in [0, 0.05) is 0 Å². The Hall–Kier alpha value is -1.07. The largest absolute Gasteiger partial charge is 0.487 e. The summed E-state index contributed by atoms with van der Waals surface area (Å²) in [7, 11) is -3.61. The van der Waals surface area contributed by atoms with E-state index in [0.29, 0.717) is 5.75 Å². The zero-order valence-electron chi connectivity index (χ0n) is 9.14. The lowest BCUT2D eigenvalue weighted by atomic mass is 10.2. The summed E-state index contributed by atoms with van der Waals surface area (Å²) in [6, 6.07) is 6.23. The van der Waals surface area contributed by atoms with Crippen LogP contribution >= 0.6 is 0 Å².